The number of phenolic OH excluding ortho intramolecular Hbond substituents is 1. The molecule has 0 radical (unpaired) electrons. The van der Waals surface area contributed by atoms with Gasteiger partial charge in [0.1, 0.15) is 5.75 Å². The molecule has 19 heavy (non-hydrogen) atoms. The summed E-state index contributed by atoms with van der Waals surface area (Å²) in [6.07, 6.45) is 1.85. The van der Waals surface area contributed by atoms with E-state index < -0.39 is 0 Å². The molecule has 0 spiro atoms. The van der Waals surface area contributed by atoms with E-state index in [0.29, 0.717) is 5.75 Å². The van der Waals surface area contributed by atoms with Gasteiger partial charge >= 0.3 is 0 Å². The molecule has 0 fully saturated rings. The van der Waals surface area contributed by atoms with Crippen molar-refractivity contribution in [1.82, 2.24) is 0 Å². The SMILES string of the molecule is C=Cc1ccc(N(C)C)cc1.Cc1ccccc1O. The lowest BCUT2D eigenvalue weighted by Gasteiger charge is -2.11. The second kappa shape index (κ2) is 7.27. The summed E-state index contributed by atoms with van der Waals surface area (Å²) < 4.78 is 0. The summed E-state index contributed by atoms with van der Waals surface area (Å²) >= 11 is 0. The average Bonchev–Trinajstić information content (AvgIpc) is 2.43. The summed E-state index contributed by atoms with van der Waals surface area (Å²) in [5, 5.41) is 8.92. The van der Waals surface area contributed by atoms with Gasteiger partial charge in [0.15, 0.2) is 0 Å². The number of rotatable bonds is 2. The lowest BCUT2D eigenvalue weighted by Crippen LogP contribution is -2.07. The summed E-state index contributed by atoms with van der Waals surface area (Å²) in [6.45, 7) is 5.56. The molecule has 0 aromatic heterocycles. The van der Waals surface area contributed by atoms with Crippen molar-refractivity contribution in [2.45, 2.75) is 6.92 Å². The summed E-state index contributed by atoms with van der Waals surface area (Å²) in [6, 6.07) is 15.5. The molecule has 0 unspecified atom stereocenters. The highest BCUT2D eigenvalue weighted by molar-refractivity contribution is 5.54. The molecule has 0 aliphatic rings. The van der Waals surface area contributed by atoms with E-state index in [2.05, 4.69) is 35.7 Å². The van der Waals surface area contributed by atoms with E-state index >= 15 is 0 Å². The lowest BCUT2D eigenvalue weighted by molar-refractivity contribution is 0.471. The first-order valence-corrected chi connectivity index (χ1v) is 6.19. The van der Waals surface area contributed by atoms with Gasteiger partial charge in [0.05, 0.1) is 0 Å². The van der Waals surface area contributed by atoms with E-state index in [1.54, 1.807) is 6.07 Å². The van der Waals surface area contributed by atoms with E-state index in [1.165, 1.54) is 5.69 Å². The van der Waals surface area contributed by atoms with Crippen LogP contribution in [0.2, 0.25) is 0 Å². The molecule has 0 amide bonds. The Hall–Kier alpha value is -2.22. The highest BCUT2D eigenvalue weighted by Crippen LogP contribution is 2.13. The molecular weight excluding hydrogens is 234 g/mol. The third-order valence-electron chi connectivity index (χ3n) is 2.76. The summed E-state index contributed by atoms with van der Waals surface area (Å²) in [7, 11) is 4.06. The van der Waals surface area contributed by atoms with Gasteiger partial charge in [0.2, 0.25) is 0 Å². The predicted octanol–water partition coefficient (Wildman–Crippen LogP) is 4.10. The molecule has 1 N–H and O–H groups in total. The second-order valence-electron chi connectivity index (χ2n) is 4.48. The van der Waals surface area contributed by atoms with Crippen molar-refractivity contribution in [2.75, 3.05) is 19.0 Å². The Morgan fingerprint density at radius 2 is 1.58 bits per heavy atom. The van der Waals surface area contributed by atoms with Crippen molar-refractivity contribution in [1.29, 1.82) is 0 Å². The maximum Gasteiger partial charge on any atom is 0.118 e. The van der Waals surface area contributed by atoms with Crippen molar-refractivity contribution in [3.05, 3.63) is 66.2 Å². The number of hydrogen-bond donors (Lipinski definition) is 1. The molecular formula is C17H21NO. The van der Waals surface area contributed by atoms with Gasteiger partial charge in [-0.2, -0.15) is 0 Å². The predicted molar refractivity (Wildman–Crippen MR) is 83.7 cm³/mol. The average molecular weight is 255 g/mol. The number of aryl methyl sites for hydroxylation is 1. The summed E-state index contributed by atoms with van der Waals surface area (Å²) in [5.74, 6) is 0.368. The highest BCUT2D eigenvalue weighted by atomic mass is 16.3. The fraction of sp³-hybridized carbons (Fsp3) is 0.176. The molecule has 0 atom stereocenters. The maximum absolute atomic E-state index is 8.92. The van der Waals surface area contributed by atoms with Crippen molar-refractivity contribution < 1.29 is 5.11 Å². The van der Waals surface area contributed by atoms with Gasteiger partial charge in [-0.05, 0) is 36.2 Å². The van der Waals surface area contributed by atoms with Crippen LogP contribution in [-0.4, -0.2) is 19.2 Å². The monoisotopic (exact) mass is 255 g/mol. The van der Waals surface area contributed by atoms with Crippen molar-refractivity contribution >= 4 is 11.8 Å². The standard InChI is InChI=1S/C10H13N.C7H8O/c1-4-9-5-7-10(8-6-9)11(2)3;1-6-4-2-3-5-7(6)8/h4-8H,1H2,2-3H3;2-5,8H,1H3. The molecule has 2 aromatic rings. The molecule has 2 nitrogen and oxygen atoms in total. The van der Waals surface area contributed by atoms with Crippen LogP contribution < -0.4 is 4.90 Å². The number of para-hydroxylation sites is 1. The van der Waals surface area contributed by atoms with E-state index in [0.717, 1.165) is 11.1 Å². The van der Waals surface area contributed by atoms with Crippen LogP contribution in [0, 0.1) is 6.92 Å². The molecule has 0 heterocycles. The molecule has 0 bridgehead atoms. The minimum absolute atomic E-state index is 0.368. The molecule has 2 heteroatoms. The quantitative estimate of drug-likeness (QED) is 0.873. The van der Waals surface area contributed by atoms with Gasteiger partial charge in [-0.25, -0.2) is 0 Å². The Kier molecular flexibility index (Phi) is 5.68. The first-order chi connectivity index (χ1) is 9.04. The van der Waals surface area contributed by atoms with Crippen LogP contribution in [0.15, 0.2) is 55.1 Å². The van der Waals surface area contributed by atoms with Crippen LogP contribution in [0.3, 0.4) is 0 Å². The molecule has 0 aliphatic carbocycles. The Morgan fingerprint density at radius 1 is 1.00 bits per heavy atom. The van der Waals surface area contributed by atoms with Gasteiger partial charge in [-0.1, -0.05) is 43.0 Å². The fourth-order valence-electron chi connectivity index (χ4n) is 1.47. The first kappa shape index (κ1) is 14.8. The molecule has 100 valence electrons. The minimum atomic E-state index is 0.368. The maximum atomic E-state index is 8.92. The van der Waals surface area contributed by atoms with Crippen molar-refractivity contribution in [2.24, 2.45) is 0 Å². The van der Waals surface area contributed by atoms with Crippen LogP contribution in [0.5, 0.6) is 5.75 Å². The van der Waals surface area contributed by atoms with Crippen LogP contribution in [0.4, 0.5) is 5.69 Å². The number of hydrogen-bond acceptors (Lipinski definition) is 2. The molecule has 0 saturated heterocycles. The third kappa shape index (κ3) is 4.88. The smallest absolute Gasteiger partial charge is 0.118 e. The Balaban J connectivity index is 0.000000200. The van der Waals surface area contributed by atoms with E-state index in [4.69, 9.17) is 5.11 Å². The zero-order valence-electron chi connectivity index (χ0n) is 11.8. The normalized spacial score (nSPS) is 9.21. The topological polar surface area (TPSA) is 23.5 Å². The Morgan fingerprint density at radius 3 is 1.95 bits per heavy atom. The first-order valence-electron chi connectivity index (χ1n) is 6.19. The van der Waals surface area contributed by atoms with Gasteiger partial charge in [-0.15, -0.1) is 0 Å². The van der Waals surface area contributed by atoms with Crippen molar-refractivity contribution in [3.63, 3.8) is 0 Å². The minimum Gasteiger partial charge on any atom is -0.508 e. The number of nitrogens with zero attached hydrogens (tertiary/aromatic N) is 1. The van der Waals surface area contributed by atoms with Gasteiger partial charge in [-0.3, -0.25) is 0 Å². The molecule has 0 aliphatic heterocycles. The fourth-order valence-corrected chi connectivity index (χ4v) is 1.47. The summed E-state index contributed by atoms with van der Waals surface area (Å²) in [4.78, 5) is 2.08. The van der Waals surface area contributed by atoms with E-state index in [9.17, 15) is 0 Å². The van der Waals surface area contributed by atoms with E-state index in [-0.39, 0.29) is 0 Å². The van der Waals surface area contributed by atoms with E-state index in [1.807, 2.05) is 45.3 Å². The zero-order valence-corrected chi connectivity index (χ0v) is 11.8. The highest BCUT2D eigenvalue weighted by Gasteiger charge is 1.91. The van der Waals surface area contributed by atoms with Crippen molar-refractivity contribution in [3.8, 4) is 5.75 Å². The van der Waals surface area contributed by atoms with Gasteiger partial charge in [0, 0.05) is 19.8 Å². The zero-order chi connectivity index (χ0) is 14.3. The third-order valence-corrected chi connectivity index (χ3v) is 2.76. The van der Waals surface area contributed by atoms with Crippen LogP contribution >= 0.6 is 0 Å². The largest absolute Gasteiger partial charge is 0.508 e. The Labute approximate surface area is 115 Å². The van der Waals surface area contributed by atoms with Crippen LogP contribution in [-0.2, 0) is 0 Å². The number of aromatic hydroxyl groups is 1. The molecule has 0 saturated carbocycles. The number of anilines is 1. The Bertz CT molecular complexity index is 494. The van der Waals surface area contributed by atoms with Crippen LogP contribution in [0.1, 0.15) is 11.1 Å². The number of phenols is 1. The summed E-state index contributed by atoms with van der Waals surface area (Å²) in [5.41, 5.74) is 3.30. The van der Waals surface area contributed by atoms with Crippen LogP contribution in [0.25, 0.3) is 6.08 Å². The van der Waals surface area contributed by atoms with Gasteiger partial charge < -0.3 is 10.0 Å². The molecule has 2 rings (SSSR count). The number of benzene rings is 2. The van der Waals surface area contributed by atoms with Gasteiger partial charge in [0.25, 0.3) is 0 Å². The molecule has 2 aromatic carbocycles. The second-order valence-corrected chi connectivity index (χ2v) is 4.48. The lowest BCUT2D eigenvalue weighted by atomic mass is 10.2.